The maximum absolute atomic E-state index is 13.1. The normalized spacial score (nSPS) is 10.4. The number of aromatic nitrogens is 2. The molecule has 0 radical (unpaired) electrons. The molecule has 14 heavy (non-hydrogen) atoms. The lowest BCUT2D eigenvalue weighted by Crippen LogP contribution is -2.30. The highest BCUT2D eigenvalue weighted by atomic mass is 19.1. The molecule has 0 fully saturated rings. The molecule has 2 heterocycles. The highest BCUT2D eigenvalue weighted by Crippen LogP contribution is 2.09. The molecular weight excluding hydrogens is 187 g/mol. The number of pyridine rings is 1. The van der Waals surface area contributed by atoms with Gasteiger partial charge in [0.15, 0.2) is 11.5 Å². The van der Waals surface area contributed by atoms with Gasteiger partial charge in [-0.2, -0.15) is 0 Å². The zero-order valence-corrected chi connectivity index (χ0v) is 7.07. The molecule has 0 saturated heterocycles. The van der Waals surface area contributed by atoms with Gasteiger partial charge in [0.1, 0.15) is 5.69 Å². The minimum atomic E-state index is -0.511. The summed E-state index contributed by atoms with van der Waals surface area (Å²) in [6.07, 6.45) is 2.80. The smallest absolute Gasteiger partial charge is 0.283 e. The molecule has 1 amide bonds. The van der Waals surface area contributed by atoms with Crippen LogP contribution in [-0.2, 0) is 0 Å². The monoisotopic (exact) mass is 194 g/mol. The van der Waals surface area contributed by atoms with E-state index in [2.05, 4.69) is 4.98 Å². The number of imidazole rings is 1. The van der Waals surface area contributed by atoms with E-state index in [0.717, 1.165) is 0 Å². The second-order valence-electron chi connectivity index (χ2n) is 2.67. The van der Waals surface area contributed by atoms with Gasteiger partial charge < -0.3 is 0 Å². The molecule has 0 aliphatic heterocycles. The van der Waals surface area contributed by atoms with Gasteiger partial charge in [-0.05, 0) is 12.1 Å². The molecule has 0 saturated carbocycles. The summed E-state index contributed by atoms with van der Waals surface area (Å²) < 4.78 is 14.5. The average Bonchev–Trinajstić information content (AvgIpc) is 2.62. The fourth-order valence-corrected chi connectivity index (χ4v) is 1.22. The Morgan fingerprint density at radius 1 is 1.64 bits per heavy atom. The van der Waals surface area contributed by atoms with Gasteiger partial charge in [0.2, 0.25) is 0 Å². The molecule has 0 aliphatic carbocycles. The molecule has 0 aromatic carbocycles. The van der Waals surface area contributed by atoms with Crippen molar-refractivity contribution in [3.63, 3.8) is 0 Å². The van der Waals surface area contributed by atoms with Gasteiger partial charge in [-0.1, -0.05) is 0 Å². The third-order valence-corrected chi connectivity index (χ3v) is 1.85. The van der Waals surface area contributed by atoms with Crippen molar-refractivity contribution in [2.24, 2.45) is 5.84 Å². The van der Waals surface area contributed by atoms with E-state index in [-0.39, 0.29) is 11.3 Å². The Morgan fingerprint density at radius 2 is 2.43 bits per heavy atom. The molecule has 2 rings (SSSR count). The van der Waals surface area contributed by atoms with E-state index in [9.17, 15) is 9.18 Å². The number of amides is 1. The number of fused-ring (bicyclic) bond motifs is 1. The van der Waals surface area contributed by atoms with Crippen molar-refractivity contribution in [3.8, 4) is 0 Å². The van der Waals surface area contributed by atoms with Crippen LogP contribution in [0.4, 0.5) is 4.39 Å². The second-order valence-corrected chi connectivity index (χ2v) is 2.67. The molecule has 6 heteroatoms. The maximum Gasteiger partial charge on any atom is 0.283 e. The van der Waals surface area contributed by atoms with Gasteiger partial charge in [-0.25, -0.2) is 15.2 Å². The van der Waals surface area contributed by atoms with E-state index in [1.54, 1.807) is 0 Å². The van der Waals surface area contributed by atoms with E-state index >= 15 is 0 Å². The Labute approximate surface area is 78.3 Å². The molecule has 5 nitrogen and oxygen atoms in total. The number of nitrogen functional groups attached to an aromatic ring is 1. The van der Waals surface area contributed by atoms with Crippen molar-refractivity contribution in [2.45, 2.75) is 0 Å². The average molecular weight is 194 g/mol. The summed E-state index contributed by atoms with van der Waals surface area (Å²) in [5.74, 6) is 3.96. The van der Waals surface area contributed by atoms with Crippen molar-refractivity contribution in [1.82, 2.24) is 14.8 Å². The number of nitrogens with one attached hydrogen (secondary N) is 1. The van der Waals surface area contributed by atoms with Crippen LogP contribution in [0.5, 0.6) is 0 Å². The van der Waals surface area contributed by atoms with Gasteiger partial charge in [-0.3, -0.25) is 14.6 Å². The Morgan fingerprint density at radius 3 is 3.14 bits per heavy atom. The number of nitrogens with zero attached hydrogens (tertiary/aromatic N) is 2. The Balaban J connectivity index is 2.70. The van der Waals surface area contributed by atoms with Crippen LogP contribution < -0.4 is 11.3 Å². The Hall–Kier alpha value is -1.95. The summed E-state index contributed by atoms with van der Waals surface area (Å²) in [6, 6.07) is 2.75. The first-order valence-electron chi connectivity index (χ1n) is 3.86. The first-order chi connectivity index (χ1) is 6.74. The van der Waals surface area contributed by atoms with Crippen molar-refractivity contribution >= 4 is 11.6 Å². The van der Waals surface area contributed by atoms with E-state index in [4.69, 9.17) is 5.84 Å². The highest BCUT2D eigenvalue weighted by Gasteiger charge is 2.12. The Kier molecular flexibility index (Phi) is 1.90. The van der Waals surface area contributed by atoms with Crippen LogP contribution in [0, 0.1) is 5.82 Å². The van der Waals surface area contributed by atoms with Gasteiger partial charge in [0, 0.05) is 6.20 Å². The lowest BCUT2D eigenvalue weighted by molar-refractivity contribution is 0.0948. The minimum absolute atomic E-state index is 0.103. The lowest BCUT2D eigenvalue weighted by Gasteiger charge is -1.99. The van der Waals surface area contributed by atoms with E-state index in [0.29, 0.717) is 0 Å². The molecule has 0 atom stereocenters. The molecule has 0 bridgehead atoms. The van der Waals surface area contributed by atoms with Crippen LogP contribution >= 0.6 is 0 Å². The van der Waals surface area contributed by atoms with E-state index in [1.807, 2.05) is 5.43 Å². The topological polar surface area (TPSA) is 72.4 Å². The van der Waals surface area contributed by atoms with Gasteiger partial charge in [-0.15, -0.1) is 0 Å². The number of rotatable bonds is 1. The number of carbonyl (C=O) groups is 1. The zero-order chi connectivity index (χ0) is 10.1. The first kappa shape index (κ1) is 8.64. The molecule has 2 aromatic heterocycles. The van der Waals surface area contributed by atoms with Gasteiger partial charge in [0.25, 0.3) is 5.91 Å². The number of hydrogen-bond acceptors (Lipinski definition) is 3. The first-order valence-corrected chi connectivity index (χ1v) is 3.86. The standard InChI is InChI=1S/C8H7FN4O/c9-5-2-1-3-13-6(8(14)12-10)4-11-7(5)13/h1-4H,10H2,(H,12,14). The number of nitrogens with two attached hydrogens (primary N) is 1. The van der Waals surface area contributed by atoms with Crippen LogP contribution in [0.3, 0.4) is 0 Å². The number of halogens is 1. The number of hydrazine groups is 1. The van der Waals surface area contributed by atoms with Crippen LogP contribution in [0.15, 0.2) is 24.5 Å². The van der Waals surface area contributed by atoms with Crippen LogP contribution in [0.1, 0.15) is 10.5 Å². The molecular formula is C8H7FN4O. The van der Waals surface area contributed by atoms with E-state index < -0.39 is 11.7 Å². The zero-order valence-electron chi connectivity index (χ0n) is 7.07. The third-order valence-electron chi connectivity index (χ3n) is 1.85. The molecule has 72 valence electrons. The molecule has 2 aromatic rings. The lowest BCUT2D eigenvalue weighted by atomic mass is 10.4. The quantitative estimate of drug-likeness (QED) is 0.383. The minimum Gasteiger partial charge on any atom is -0.293 e. The summed E-state index contributed by atoms with van der Waals surface area (Å²) in [5.41, 5.74) is 2.26. The molecule has 0 aliphatic rings. The van der Waals surface area contributed by atoms with Crippen molar-refractivity contribution in [2.75, 3.05) is 0 Å². The third kappa shape index (κ3) is 1.12. The van der Waals surface area contributed by atoms with Gasteiger partial charge >= 0.3 is 0 Å². The predicted octanol–water partition coefficient (Wildman–Crippen LogP) is 0.0769. The highest BCUT2D eigenvalue weighted by molar-refractivity contribution is 5.92. The summed E-state index contributed by atoms with van der Waals surface area (Å²) in [7, 11) is 0. The molecule has 0 unspecified atom stereocenters. The summed E-state index contributed by atoms with van der Waals surface area (Å²) in [6.45, 7) is 0. The van der Waals surface area contributed by atoms with Crippen molar-refractivity contribution < 1.29 is 9.18 Å². The number of carbonyl (C=O) groups excluding carboxylic acids is 1. The molecule has 3 N–H and O–H groups in total. The largest absolute Gasteiger partial charge is 0.293 e. The molecule has 0 spiro atoms. The number of hydrogen-bond donors (Lipinski definition) is 2. The second kappa shape index (κ2) is 3.08. The summed E-state index contributed by atoms with van der Waals surface area (Å²) in [5, 5.41) is 0. The SMILES string of the molecule is NNC(=O)c1cnc2c(F)cccn12. The van der Waals surface area contributed by atoms with Crippen LogP contribution in [0.25, 0.3) is 5.65 Å². The fourth-order valence-electron chi connectivity index (χ4n) is 1.22. The summed E-state index contributed by atoms with van der Waals surface area (Å²) in [4.78, 5) is 14.9. The maximum atomic E-state index is 13.1. The van der Waals surface area contributed by atoms with Crippen LogP contribution in [-0.4, -0.2) is 15.3 Å². The summed E-state index contributed by atoms with van der Waals surface area (Å²) >= 11 is 0. The predicted molar refractivity (Wildman–Crippen MR) is 46.8 cm³/mol. The van der Waals surface area contributed by atoms with Crippen molar-refractivity contribution in [3.05, 3.63) is 36.0 Å². The van der Waals surface area contributed by atoms with E-state index in [1.165, 1.54) is 28.9 Å². The fraction of sp³-hybridized carbons (Fsp3) is 0. The van der Waals surface area contributed by atoms with Crippen molar-refractivity contribution in [1.29, 1.82) is 0 Å². The van der Waals surface area contributed by atoms with Crippen LogP contribution in [0.2, 0.25) is 0 Å². The Bertz CT molecular complexity index is 493. The van der Waals surface area contributed by atoms with Gasteiger partial charge in [0.05, 0.1) is 6.20 Å².